The summed E-state index contributed by atoms with van der Waals surface area (Å²) in [5.41, 5.74) is 8.77. The highest BCUT2D eigenvalue weighted by Crippen LogP contribution is 2.33. The third-order valence-corrected chi connectivity index (χ3v) is 5.15. The molecule has 3 nitrogen and oxygen atoms in total. The van der Waals surface area contributed by atoms with Crippen molar-refractivity contribution in [3.63, 3.8) is 0 Å². The van der Waals surface area contributed by atoms with Crippen LogP contribution in [0.1, 0.15) is 33.6 Å². The van der Waals surface area contributed by atoms with Crippen LogP contribution in [0, 0.1) is 0 Å². The van der Waals surface area contributed by atoms with Crippen LogP contribution < -0.4 is 5.73 Å². The second-order valence-electron chi connectivity index (χ2n) is 5.20. The van der Waals surface area contributed by atoms with Gasteiger partial charge in [0.15, 0.2) is 0 Å². The molecule has 0 bridgehead atoms. The molecule has 0 fully saturated rings. The van der Waals surface area contributed by atoms with Crippen molar-refractivity contribution >= 4 is 22.1 Å². The maximum Gasteiger partial charge on any atom is 0.115 e. The van der Waals surface area contributed by atoms with Crippen molar-refractivity contribution in [2.24, 2.45) is 5.73 Å². The molecule has 0 amide bonds. The van der Waals surface area contributed by atoms with Gasteiger partial charge in [0.1, 0.15) is 5.01 Å². The quantitative estimate of drug-likeness (QED) is 0.784. The molecule has 0 saturated heterocycles. The molecule has 1 aromatic carbocycles. The Morgan fingerprint density at radius 2 is 2.05 bits per heavy atom. The first-order valence-electron chi connectivity index (χ1n) is 6.89. The number of aromatic nitrogens is 2. The summed E-state index contributed by atoms with van der Waals surface area (Å²) in [4.78, 5) is 10.5. The summed E-state index contributed by atoms with van der Waals surface area (Å²) < 4.78 is 0. The molecule has 0 aliphatic heterocycles. The zero-order valence-electron chi connectivity index (χ0n) is 11.0. The van der Waals surface area contributed by atoms with Crippen molar-refractivity contribution in [1.82, 2.24) is 9.97 Å². The van der Waals surface area contributed by atoms with E-state index in [1.165, 1.54) is 22.4 Å². The number of benzene rings is 1. The number of fused-ring (bicyclic) bond motifs is 2. The lowest BCUT2D eigenvalue weighted by Gasteiger charge is -2.11. The van der Waals surface area contributed by atoms with Crippen molar-refractivity contribution in [3.05, 3.63) is 57.8 Å². The highest BCUT2D eigenvalue weighted by molar-refractivity contribution is 7.11. The summed E-state index contributed by atoms with van der Waals surface area (Å²) in [7, 11) is 0. The predicted molar refractivity (Wildman–Crippen MR) is 81.9 cm³/mol. The number of hydrogen-bond donors (Lipinski definition) is 1. The summed E-state index contributed by atoms with van der Waals surface area (Å²) in [5, 5.41) is 3.32. The fourth-order valence-corrected chi connectivity index (χ4v) is 4.04. The molecule has 3 aromatic rings. The molecular formula is C16H15N3S. The molecule has 4 rings (SSSR count). The molecule has 0 radical (unpaired) electrons. The zero-order valence-corrected chi connectivity index (χ0v) is 11.9. The number of rotatable bonds is 2. The molecule has 2 heterocycles. The van der Waals surface area contributed by atoms with Gasteiger partial charge in [0.2, 0.25) is 0 Å². The van der Waals surface area contributed by atoms with Gasteiger partial charge in [0.05, 0.1) is 11.7 Å². The molecule has 4 heteroatoms. The molecule has 0 spiro atoms. The third kappa shape index (κ3) is 1.84. The summed E-state index contributed by atoms with van der Waals surface area (Å²) >= 11 is 1.77. The van der Waals surface area contributed by atoms with Crippen LogP contribution in [0.5, 0.6) is 0 Å². The molecule has 2 aromatic heterocycles. The molecular weight excluding hydrogens is 266 g/mol. The number of pyridine rings is 1. The second-order valence-corrected chi connectivity index (χ2v) is 6.32. The number of nitrogens with zero attached hydrogens (tertiary/aromatic N) is 2. The Balaban J connectivity index is 1.81. The van der Waals surface area contributed by atoms with Crippen molar-refractivity contribution in [1.29, 1.82) is 0 Å². The highest BCUT2D eigenvalue weighted by atomic mass is 32.1. The van der Waals surface area contributed by atoms with Gasteiger partial charge < -0.3 is 5.73 Å². The average Bonchev–Trinajstić information content (AvgIpc) is 3.07. The topological polar surface area (TPSA) is 51.8 Å². The molecule has 0 saturated carbocycles. The molecule has 1 aliphatic carbocycles. The minimum atomic E-state index is -0.177. The van der Waals surface area contributed by atoms with Gasteiger partial charge >= 0.3 is 0 Å². The Labute approximate surface area is 121 Å². The number of hydrogen-bond acceptors (Lipinski definition) is 4. The van der Waals surface area contributed by atoms with Crippen LogP contribution in [-0.2, 0) is 12.8 Å². The van der Waals surface area contributed by atoms with Crippen LogP contribution in [0.3, 0.4) is 0 Å². The third-order valence-electron chi connectivity index (χ3n) is 3.91. The van der Waals surface area contributed by atoms with Crippen LogP contribution in [-0.4, -0.2) is 9.97 Å². The van der Waals surface area contributed by atoms with Crippen molar-refractivity contribution < 1.29 is 0 Å². The van der Waals surface area contributed by atoms with Crippen LogP contribution in [0.2, 0.25) is 0 Å². The Morgan fingerprint density at radius 3 is 2.95 bits per heavy atom. The van der Waals surface area contributed by atoms with Gasteiger partial charge in [-0.2, -0.15) is 0 Å². The molecule has 100 valence electrons. The van der Waals surface area contributed by atoms with Crippen molar-refractivity contribution in [2.45, 2.75) is 25.3 Å². The summed E-state index contributed by atoms with van der Waals surface area (Å²) in [6.45, 7) is 0. The van der Waals surface area contributed by atoms with Gasteiger partial charge in [-0.15, -0.1) is 11.3 Å². The number of thiazole rings is 1. The summed E-state index contributed by atoms with van der Waals surface area (Å²) in [6.07, 6.45) is 7.26. The summed E-state index contributed by atoms with van der Waals surface area (Å²) in [6, 6.07) is 8.06. The maximum atomic E-state index is 6.45. The first-order chi connectivity index (χ1) is 9.83. The Kier molecular flexibility index (Phi) is 2.79. The monoisotopic (exact) mass is 281 g/mol. The van der Waals surface area contributed by atoms with Gasteiger partial charge in [-0.1, -0.05) is 24.3 Å². The van der Waals surface area contributed by atoms with Gasteiger partial charge in [0.25, 0.3) is 0 Å². The van der Waals surface area contributed by atoms with E-state index in [4.69, 9.17) is 10.7 Å². The maximum absolute atomic E-state index is 6.45. The molecule has 1 atom stereocenters. The fourth-order valence-electron chi connectivity index (χ4n) is 2.86. The van der Waals surface area contributed by atoms with Crippen LogP contribution >= 0.6 is 11.3 Å². The standard InChI is InChI=1S/C16H15N3S/c17-15(16-19-13-6-3-7-14(13)20-16)12-9-18-8-10-4-1-2-5-11(10)12/h1-2,4-5,8-9,15H,3,6-7,17H2. The SMILES string of the molecule is NC(c1nc2c(s1)CCC2)c1cncc2ccccc12. The Hall–Kier alpha value is -1.78. The van der Waals surface area contributed by atoms with Gasteiger partial charge in [-0.25, -0.2) is 4.98 Å². The van der Waals surface area contributed by atoms with Crippen LogP contribution in [0.25, 0.3) is 10.8 Å². The largest absolute Gasteiger partial charge is 0.318 e. The first-order valence-corrected chi connectivity index (χ1v) is 7.71. The lowest BCUT2D eigenvalue weighted by atomic mass is 10.0. The highest BCUT2D eigenvalue weighted by Gasteiger charge is 2.22. The fraction of sp³-hybridized carbons (Fsp3) is 0.250. The average molecular weight is 281 g/mol. The van der Waals surface area contributed by atoms with E-state index in [0.717, 1.165) is 28.8 Å². The smallest absolute Gasteiger partial charge is 0.115 e. The molecule has 1 aliphatic rings. The number of aryl methyl sites for hydroxylation is 2. The molecule has 2 N–H and O–H groups in total. The van der Waals surface area contributed by atoms with Crippen molar-refractivity contribution in [2.75, 3.05) is 0 Å². The Morgan fingerprint density at radius 1 is 1.15 bits per heavy atom. The second kappa shape index (κ2) is 4.65. The van der Waals surface area contributed by atoms with Crippen LogP contribution in [0.15, 0.2) is 36.7 Å². The lowest BCUT2D eigenvalue weighted by Crippen LogP contribution is -2.12. The molecule has 1 unspecified atom stereocenters. The Bertz CT molecular complexity index is 751. The normalized spacial score (nSPS) is 15.4. The lowest BCUT2D eigenvalue weighted by molar-refractivity contribution is 0.835. The van der Waals surface area contributed by atoms with E-state index < -0.39 is 0 Å². The summed E-state index contributed by atoms with van der Waals surface area (Å²) in [5.74, 6) is 0. The van der Waals surface area contributed by atoms with Crippen LogP contribution in [0.4, 0.5) is 0 Å². The minimum Gasteiger partial charge on any atom is -0.318 e. The zero-order chi connectivity index (χ0) is 13.5. The molecule has 20 heavy (non-hydrogen) atoms. The van der Waals surface area contributed by atoms with Crippen molar-refractivity contribution in [3.8, 4) is 0 Å². The van der Waals surface area contributed by atoms with Gasteiger partial charge in [-0.05, 0) is 24.6 Å². The van der Waals surface area contributed by atoms with E-state index in [0.29, 0.717) is 0 Å². The van der Waals surface area contributed by atoms with E-state index in [-0.39, 0.29) is 6.04 Å². The first kappa shape index (κ1) is 12.0. The predicted octanol–water partition coefficient (Wildman–Crippen LogP) is 3.23. The van der Waals surface area contributed by atoms with E-state index >= 15 is 0 Å². The van der Waals surface area contributed by atoms with E-state index in [1.807, 2.05) is 24.5 Å². The van der Waals surface area contributed by atoms with E-state index in [9.17, 15) is 0 Å². The van der Waals surface area contributed by atoms with Gasteiger partial charge in [0, 0.05) is 28.2 Å². The number of nitrogens with two attached hydrogens (primary N) is 1. The van der Waals surface area contributed by atoms with E-state index in [2.05, 4.69) is 17.1 Å². The van der Waals surface area contributed by atoms with E-state index in [1.54, 1.807) is 11.3 Å². The minimum absolute atomic E-state index is 0.177. The van der Waals surface area contributed by atoms with Gasteiger partial charge in [-0.3, -0.25) is 4.98 Å².